The molecule has 7 nitrogen and oxygen atoms in total. The first kappa shape index (κ1) is 25.1. The Morgan fingerprint density at radius 2 is 1.85 bits per heavy atom. The normalized spacial score (nSPS) is 12.2. The average molecular weight is 508 g/mol. The summed E-state index contributed by atoms with van der Waals surface area (Å²) in [6.45, 7) is 7.63. The minimum absolute atomic E-state index is 0.175. The van der Waals surface area contributed by atoms with Crippen LogP contribution < -0.4 is 10.6 Å². The van der Waals surface area contributed by atoms with Crippen LogP contribution in [0.2, 0.25) is 5.02 Å². The predicted octanol–water partition coefficient (Wildman–Crippen LogP) is 5.90. The molecular formula is C23H26ClN3O4S2. The number of thiazole rings is 1. The summed E-state index contributed by atoms with van der Waals surface area (Å²) in [5, 5.41) is 5.19. The van der Waals surface area contributed by atoms with Gasteiger partial charge < -0.3 is 0 Å². The topological polar surface area (TPSA) is 105 Å². The van der Waals surface area contributed by atoms with Gasteiger partial charge in [-0.3, -0.25) is 15.4 Å². The molecule has 0 fully saturated rings. The number of carbonyl (C=O) groups excluding carboxylic acids is 2. The SMILES string of the molecule is CC(C)CCC(C)(C)S(=O)(=O)c1ccc2nc(NC(=O)NC(=O)c3ccccc3Cl)sc2c1. The van der Waals surface area contributed by atoms with Gasteiger partial charge >= 0.3 is 6.03 Å². The van der Waals surface area contributed by atoms with Crippen LogP contribution in [0.4, 0.5) is 9.93 Å². The van der Waals surface area contributed by atoms with Crippen LogP contribution in [0.1, 0.15) is 50.9 Å². The highest BCUT2D eigenvalue weighted by molar-refractivity contribution is 7.92. The Morgan fingerprint density at radius 3 is 2.52 bits per heavy atom. The van der Waals surface area contributed by atoms with Gasteiger partial charge in [0.1, 0.15) is 0 Å². The Hall–Kier alpha value is -2.49. The van der Waals surface area contributed by atoms with Crippen molar-refractivity contribution in [2.24, 2.45) is 5.92 Å². The molecule has 0 aliphatic carbocycles. The van der Waals surface area contributed by atoms with Crippen molar-refractivity contribution in [1.82, 2.24) is 10.3 Å². The summed E-state index contributed by atoms with van der Waals surface area (Å²) in [6, 6.07) is 10.4. The smallest absolute Gasteiger partial charge is 0.283 e. The van der Waals surface area contributed by atoms with Gasteiger partial charge in [0.25, 0.3) is 5.91 Å². The number of nitrogens with one attached hydrogen (secondary N) is 2. The number of amides is 3. The molecule has 3 amide bonds. The van der Waals surface area contributed by atoms with E-state index in [1.54, 1.807) is 50.2 Å². The molecule has 0 spiro atoms. The molecule has 3 aromatic rings. The molecule has 1 aromatic heterocycles. The van der Waals surface area contributed by atoms with E-state index < -0.39 is 26.5 Å². The van der Waals surface area contributed by atoms with Crippen LogP contribution in [0, 0.1) is 5.92 Å². The van der Waals surface area contributed by atoms with Gasteiger partial charge in [-0.15, -0.1) is 0 Å². The Morgan fingerprint density at radius 1 is 1.15 bits per heavy atom. The van der Waals surface area contributed by atoms with Gasteiger partial charge in [-0.05, 0) is 62.9 Å². The zero-order valence-corrected chi connectivity index (χ0v) is 21.2. The molecule has 1 heterocycles. The molecule has 2 N–H and O–H groups in total. The molecule has 10 heteroatoms. The molecule has 0 saturated carbocycles. The maximum absolute atomic E-state index is 13.2. The summed E-state index contributed by atoms with van der Waals surface area (Å²) in [7, 11) is -3.57. The summed E-state index contributed by atoms with van der Waals surface area (Å²) >= 11 is 7.11. The highest BCUT2D eigenvalue weighted by Crippen LogP contribution is 2.34. The Balaban J connectivity index is 1.76. The molecule has 0 aliphatic heterocycles. The van der Waals surface area contributed by atoms with Crippen LogP contribution in [-0.2, 0) is 9.84 Å². The van der Waals surface area contributed by atoms with Gasteiger partial charge in [-0.25, -0.2) is 18.2 Å². The van der Waals surface area contributed by atoms with E-state index in [9.17, 15) is 18.0 Å². The number of hydrogen-bond acceptors (Lipinski definition) is 6. The van der Waals surface area contributed by atoms with E-state index in [4.69, 9.17) is 11.6 Å². The molecule has 0 unspecified atom stereocenters. The number of halogens is 1. The molecule has 33 heavy (non-hydrogen) atoms. The Labute approximate surface area is 202 Å². The summed E-state index contributed by atoms with van der Waals surface area (Å²) in [5.41, 5.74) is 0.722. The largest absolute Gasteiger partial charge is 0.327 e. The molecular weight excluding hydrogens is 482 g/mol. The van der Waals surface area contributed by atoms with Gasteiger partial charge in [0.2, 0.25) is 0 Å². The van der Waals surface area contributed by atoms with Gasteiger partial charge in [0.15, 0.2) is 15.0 Å². The highest BCUT2D eigenvalue weighted by Gasteiger charge is 2.35. The van der Waals surface area contributed by atoms with Gasteiger partial charge in [-0.1, -0.05) is 48.9 Å². The van der Waals surface area contributed by atoms with Crippen LogP contribution in [0.15, 0.2) is 47.4 Å². The van der Waals surface area contributed by atoms with Crippen molar-refractivity contribution in [3.8, 4) is 0 Å². The van der Waals surface area contributed by atoms with Crippen molar-refractivity contribution in [3.05, 3.63) is 53.1 Å². The zero-order valence-electron chi connectivity index (χ0n) is 18.8. The van der Waals surface area contributed by atoms with Crippen LogP contribution in [-0.4, -0.2) is 30.1 Å². The second-order valence-electron chi connectivity index (χ2n) is 8.73. The Bertz CT molecular complexity index is 1300. The minimum Gasteiger partial charge on any atom is -0.283 e. The van der Waals surface area contributed by atoms with E-state index >= 15 is 0 Å². The third-order valence-electron chi connectivity index (χ3n) is 5.29. The highest BCUT2D eigenvalue weighted by atomic mass is 35.5. The molecule has 0 atom stereocenters. The van der Waals surface area contributed by atoms with Crippen molar-refractivity contribution in [2.75, 3.05) is 5.32 Å². The lowest BCUT2D eigenvalue weighted by Gasteiger charge is -2.25. The summed E-state index contributed by atoms with van der Waals surface area (Å²) in [6.07, 6.45) is 1.37. The molecule has 0 bridgehead atoms. The molecule has 0 saturated heterocycles. The maximum atomic E-state index is 13.2. The van der Waals surface area contributed by atoms with Gasteiger partial charge in [0, 0.05) is 0 Å². The van der Waals surface area contributed by atoms with Crippen LogP contribution in [0.3, 0.4) is 0 Å². The lowest BCUT2D eigenvalue weighted by atomic mass is 10.0. The third-order valence-corrected chi connectivity index (χ3v) is 9.08. The summed E-state index contributed by atoms with van der Waals surface area (Å²) in [4.78, 5) is 29.0. The number of anilines is 1. The minimum atomic E-state index is -3.57. The predicted molar refractivity (Wildman–Crippen MR) is 133 cm³/mol. The van der Waals surface area contributed by atoms with Crippen molar-refractivity contribution in [1.29, 1.82) is 0 Å². The van der Waals surface area contributed by atoms with Crippen molar-refractivity contribution in [3.63, 3.8) is 0 Å². The first-order valence-corrected chi connectivity index (χ1v) is 13.1. The fourth-order valence-corrected chi connectivity index (χ4v) is 5.90. The van der Waals surface area contributed by atoms with E-state index in [1.165, 1.54) is 6.07 Å². The van der Waals surface area contributed by atoms with E-state index in [2.05, 4.69) is 29.5 Å². The number of hydrogen-bond donors (Lipinski definition) is 2. The number of rotatable bonds is 7. The summed E-state index contributed by atoms with van der Waals surface area (Å²) in [5.74, 6) is -0.232. The van der Waals surface area contributed by atoms with Crippen LogP contribution in [0.25, 0.3) is 10.2 Å². The standard InChI is InChI=1S/C23H26ClN3O4S2/c1-14(2)11-12-23(3,4)33(30,31)15-9-10-18-19(13-15)32-22(25-18)27-21(29)26-20(28)16-7-5-6-8-17(16)24/h5-10,13-14H,11-12H2,1-4H3,(H2,25,26,27,28,29). The molecule has 0 radical (unpaired) electrons. The molecule has 0 aliphatic rings. The Kier molecular flexibility index (Phi) is 7.45. The quantitative estimate of drug-likeness (QED) is 0.414. The van der Waals surface area contributed by atoms with E-state index in [-0.39, 0.29) is 20.6 Å². The lowest BCUT2D eigenvalue weighted by Crippen LogP contribution is -2.34. The molecule has 3 rings (SSSR count). The van der Waals surface area contributed by atoms with E-state index in [0.29, 0.717) is 22.6 Å². The monoisotopic (exact) mass is 507 g/mol. The number of carbonyl (C=O) groups is 2. The number of aromatic nitrogens is 1. The van der Waals surface area contributed by atoms with Crippen LogP contribution in [0.5, 0.6) is 0 Å². The lowest BCUT2D eigenvalue weighted by molar-refractivity contribution is 0.0967. The molecule has 2 aromatic carbocycles. The number of sulfone groups is 1. The number of benzene rings is 2. The average Bonchev–Trinajstić information content (AvgIpc) is 3.13. The number of nitrogens with zero attached hydrogens (tertiary/aromatic N) is 1. The third kappa shape index (κ3) is 5.72. The molecule has 176 valence electrons. The van der Waals surface area contributed by atoms with Gasteiger partial charge in [-0.2, -0.15) is 0 Å². The maximum Gasteiger partial charge on any atom is 0.327 e. The van der Waals surface area contributed by atoms with E-state index in [0.717, 1.165) is 17.8 Å². The first-order chi connectivity index (χ1) is 15.4. The van der Waals surface area contributed by atoms with E-state index in [1.807, 2.05) is 0 Å². The van der Waals surface area contributed by atoms with Crippen molar-refractivity contribution >= 4 is 60.1 Å². The fraction of sp³-hybridized carbons (Fsp3) is 0.348. The van der Waals surface area contributed by atoms with Crippen molar-refractivity contribution in [2.45, 2.75) is 50.2 Å². The second kappa shape index (κ2) is 9.79. The second-order valence-corrected chi connectivity index (χ2v) is 12.8. The summed E-state index contributed by atoms with van der Waals surface area (Å²) < 4.78 is 26.2. The van der Waals surface area contributed by atoms with Crippen molar-refractivity contribution < 1.29 is 18.0 Å². The zero-order chi connectivity index (χ0) is 24.4. The van der Waals surface area contributed by atoms with Gasteiger partial charge in [0.05, 0.1) is 30.4 Å². The fourth-order valence-electron chi connectivity index (χ4n) is 3.16. The first-order valence-electron chi connectivity index (χ1n) is 10.4. The number of urea groups is 1. The number of imide groups is 1. The van der Waals surface area contributed by atoms with Crippen LogP contribution >= 0.6 is 22.9 Å². The number of fused-ring (bicyclic) bond motifs is 1.